The Morgan fingerprint density at radius 3 is 2.83 bits per heavy atom. The molecule has 0 unspecified atom stereocenters. The van der Waals surface area contributed by atoms with Crippen molar-refractivity contribution < 1.29 is 4.74 Å². The summed E-state index contributed by atoms with van der Waals surface area (Å²) in [5.74, 6) is 0.985. The molecular formula is C13H24N4O. The Labute approximate surface area is 109 Å². The minimum absolute atomic E-state index is 0.546. The van der Waals surface area contributed by atoms with Crippen LogP contribution >= 0.6 is 0 Å². The van der Waals surface area contributed by atoms with Crippen LogP contribution in [0.3, 0.4) is 0 Å². The first kappa shape index (κ1) is 13.4. The molecule has 2 rings (SSSR count). The number of nitrogens with zero attached hydrogens (tertiary/aromatic N) is 3. The van der Waals surface area contributed by atoms with Crippen molar-refractivity contribution in [1.82, 2.24) is 14.5 Å². The molecule has 1 aromatic heterocycles. The molecule has 0 saturated carbocycles. The Hall–Kier alpha value is -1.07. The second-order valence-corrected chi connectivity index (χ2v) is 5.11. The van der Waals surface area contributed by atoms with E-state index in [0.29, 0.717) is 6.04 Å². The second-order valence-electron chi connectivity index (χ2n) is 5.11. The normalized spacial score (nSPS) is 18.2. The van der Waals surface area contributed by atoms with Crippen LogP contribution in [0.5, 0.6) is 0 Å². The molecule has 5 nitrogen and oxygen atoms in total. The maximum atomic E-state index is 5.13. The van der Waals surface area contributed by atoms with Crippen molar-refractivity contribution in [2.45, 2.75) is 32.4 Å². The fraction of sp³-hybridized carbons (Fsp3) is 0.769. The van der Waals surface area contributed by atoms with Gasteiger partial charge < -0.3 is 19.5 Å². The lowest BCUT2D eigenvalue weighted by Crippen LogP contribution is -2.37. The molecule has 0 aromatic carbocycles. The van der Waals surface area contributed by atoms with Crippen LogP contribution in [0, 0.1) is 6.92 Å². The molecule has 0 atom stereocenters. The smallest absolute Gasteiger partial charge is 0.203 e. The van der Waals surface area contributed by atoms with Crippen LogP contribution < -0.4 is 5.32 Å². The van der Waals surface area contributed by atoms with E-state index in [9.17, 15) is 0 Å². The van der Waals surface area contributed by atoms with Crippen molar-refractivity contribution in [2.24, 2.45) is 0 Å². The highest BCUT2D eigenvalue weighted by atomic mass is 16.5. The Kier molecular flexibility index (Phi) is 4.60. The van der Waals surface area contributed by atoms with Gasteiger partial charge in [-0.3, -0.25) is 0 Å². The van der Waals surface area contributed by atoms with E-state index in [4.69, 9.17) is 4.74 Å². The molecule has 1 aliphatic heterocycles. The van der Waals surface area contributed by atoms with Crippen molar-refractivity contribution in [3.63, 3.8) is 0 Å². The minimum atomic E-state index is 0.546. The standard InChI is InChI=1S/C13H24N4O/c1-11-10-17(8-9-18-3)13(14-11)15-12-4-6-16(2)7-5-12/h10,12H,4-9H2,1-3H3,(H,14,15). The van der Waals surface area contributed by atoms with Crippen LogP contribution in [0.1, 0.15) is 18.5 Å². The molecule has 2 heterocycles. The molecule has 0 amide bonds. The number of piperidine rings is 1. The zero-order chi connectivity index (χ0) is 13.0. The second kappa shape index (κ2) is 6.20. The van der Waals surface area contributed by atoms with E-state index < -0.39 is 0 Å². The summed E-state index contributed by atoms with van der Waals surface area (Å²) >= 11 is 0. The van der Waals surface area contributed by atoms with Crippen LogP contribution in [0.25, 0.3) is 0 Å². The summed E-state index contributed by atoms with van der Waals surface area (Å²) in [6, 6.07) is 0.546. The fourth-order valence-electron chi connectivity index (χ4n) is 2.36. The zero-order valence-electron chi connectivity index (χ0n) is 11.6. The van der Waals surface area contributed by atoms with Crippen molar-refractivity contribution in [3.05, 3.63) is 11.9 Å². The summed E-state index contributed by atoms with van der Waals surface area (Å²) in [7, 11) is 3.91. The van der Waals surface area contributed by atoms with Crippen LogP contribution in [-0.4, -0.2) is 54.3 Å². The van der Waals surface area contributed by atoms with Gasteiger partial charge in [0.2, 0.25) is 5.95 Å². The predicted molar refractivity (Wildman–Crippen MR) is 73.0 cm³/mol. The van der Waals surface area contributed by atoms with E-state index >= 15 is 0 Å². The third-order valence-electron chi connectivity index (χ3n) is 3.49. The fourth-order valence-corrected chi connectivity index (χ4v) is 2.36. The van der Waals surface area contributed by atoms with E-state index in [1.165, 1.54) is 12.8 Å². The number of nitrogens with one attached hydrogen (secondary N) is 1. The molecule has 102 valence electrons. The van der Waals surface area contributed by atoms with Crippen molar-refractivity contribution in [3.8, 4) is 0 Å². The third kappa shape index (κ3) is 3.46. The number of ether oxygens (including phenoxy) is 1. The van der Waals surface area contributed by atoms with E-state index in [0.717, 1.165) is 37.9 Å². The molecular weight excluding hydrogens is 228 g/mol. The largest absolute Gasteiger partial charge is 0.383 e. The number of rotatable bonds is 5. The molecule has 0 radical (unpaired) electrons. The summed E-state index contributed by atoms with van der Waals surface area (Å²) in [5, 5.41) is 3.57. The lowest BCUT2D eigenvalue weighted by molar-refractivity contribution is 0.187. The topological polar surface area (TPSA) is 42.3 Å². The van der Waals surface area contributed by atoms with Crippen molar-refractivity contribution >= 4 is 5.95 Å². The lowest BCUT2D eigenvalue weighted by atomic mass is 10.1. The van der Waals surface area contributed by atoms with Gasteiger partial charge in [-0.15, -0.1) is 0 Å². The van der Waals surface area contributed by atoms with Crippen molar-refractivity contribution in [2.75, 3.05) is 39.2 Å². The van der Waals surface area contributed by atoms with E-state index in [2.05, 4.69) is 33.0 Å². The van der Waals surface area contributed by atoms with Gasteiger partial charge in [0.15, 0.2) is 0 Å². The Bertz CT molecular complexity index is 369. The number of hydrogen-bond donors (Lipinski definition) is 1. The first-order chi connectivity index (χ1) is 8.69. The Morgan fingerprint density at radius 2 is 2.17 bits per heavy atom. The number of likely N-dealkylation sites (tertiary alicyclic amines) is 1. The van der Waals surface area contributed by atoms with Gasteiger partial charge in [0, 0.05) is 25.9 Å². The van der Waals surface area contributed by atoms with E-state index in [-0.39, 0.29) is 0 Å². The van der Waals surface area contributed by atoms with Crippen LogP contribution in [0.4, 0.5) is 5.95 Å². The number of hydrogen-bond acceptors (Lipinski definition) is 4. The SMILES string of the molecule is COCCn1cc(C)nc1NC1CCN(C)CC1. The van der Waals surface area contributed by atoms with Gasteiger partial charge in [-0.1, -0.05) is 0 Å². The van der Waals surface area contributed by atoms with E-state index in [1.54, 1.807) is 7.11 Å². The van der Waals surface area contributed by atoms with Gasteiger partial charge in [-0.05, 0) is 39.9 Å². The van der Waals surface area contributed by atoms with Crippen LogP contribution in [0.2, 0.25) is 0 Å². The van der Waals surface area contributed by atoms with Gasteiger partial charge in [-0.25, -0.2) is 4.98 Å². The number of aromatic nitrogens is 2. The third-order valence-corrected chi connectivity index (χ3v) is 3.49. The molecule has 0 spiro atoms. The maximum Gasteiger partial charge on any atom is 0.203 e. The van der Waals surface area contributed by atoms with Gasteiger partial charge >= 0.3 is 0 Å². The molecule has 1 fully saturated rings. The average molecular weight is 252 g/mol. The lowest BCUT2D eigenvalue weighted by Gasteiger charge is -2.29. The number of anilines is 1. The first-order valence-electron chi connectivity index (χ1n) is 6.67. The monoisotopic (exact) mass is 252 g/mol. The summed E-state index contributed by atoms with van der Waals surface area (Å²) in [6.07, 6.45) is 4.45. The molecule has 0 bridgehead atoms. The Morgan fingerprint density at radius 1 is 1.44 bits per heavy atom. The molecule has 1 aliphatic rings. The predicted octanol–water partition coefficient (Wildman–Crippen LogP) is 1.34. The highest BCUT2D eigenvalue weighted by Crippen LogP contribution is 2.15. The molecule has 1 saturated heterocycles. The van der Waals surface area contributed by atoms with E-state index in [1.807, 2.05) is 6.92 Å². The van der Waals surface area contributed by atoms with Crippen LogP contribution in [-0.2, 0) is 11.3 Å². The van der Waals surface area contributed by atoms with Crippen molar-refractivity contribution in [1.29, 1.82) is 0 Å². The zero-order valence-corrected chi connectivity index (χ0v) is 11.6. The molecule has 0 aliphatic carbocycles. The average Bonchev–Trinajstić information content (AvgIpc) is 2.70. The minimum Gasteiger partial charge on any atom is -0.383 e. The first-order valence-corrected chi connectivity index (χ1v) is 6.67. The number of imidazole rings is 1. The highest BCUT2D eigenvalue weighted by Gasteiger charge is 2.18. The highest BCUT2D eigenvalue weighted by molar-refractivity contribution is 5.30. The summed E-state index contributed by atoms with van der Waals surface area (Å²) in [6.45, 7) is 5.93. The molecule has 18 heavy (non-hydrogen) atoms. The van der Waals surface area contributed by atoms with Crippen LogP contribution in [0.15, 0.2) is 6.20 Å². The van der Waals surface area contributed by atoms with Gasteiger partial charge in [0.05, 0.1) is 12.3 Å². The maximum absolute atomic E-state index is 5.13. The Balaban J connectivity index is 1.95. The molecule has 1 aromatic rings. The number of aryl methyl sites for hydroxylation is 1. The quantitative estimate of drug-likeness (QED) is 0.859. The van der Waals surface area contributed by atoms with Gasteiger partial charge in [0.25, 0.3) is 0 Å². The van der Waals surface area contributed by atoms with Gasteiger partial charge in [0.1, 0.15) is 0 Å². The number of methoxy groups -OCH3 is 1. The molecule has 1 N–H and O–H groups in total. The summed E-state index contributed by atoms with van der Waals surface area (Å²) < 4.78 is 7.28. The summed E-state index contributed by atoms with van der Waals surface area (Å²) in [4.78, 5) is 6.94. The van der Waals surface area contributed by atoms with Gasteiger partial charge in [-0.2, -0.15) is 0 Å². The summed E-state index contributed by atoms with van der Waals surface area (Å²) in [5.41, 5.74) is 1.06. The molecule has 5 heteroatoms.